The predicted molar refractivity (Wildman–Crippen MR) is 71.7 cm³/mol. The maximum atomic E-state index is 11.5. The fourth-order valence-corrected chi connectivity index (χ4v) is 2.09. The first-order chi connectivity index (χ1) is 9.08. The fraction of sp³-hybridized carbons (Fsp3) is 0.357. The van der Waals surface area contributed by atoms with E-state index < -0.39 is 0 Å². The smallest absolute Gasteiger partial charge is 0.267 e. The Balaban J connectivity index is 2.05. The molecule has 1 saturated carbocycles. The number of aromatic amines is 1. The SMILES string of the molecule is Cc1ccc2c(N=NC(=O)C3CC3)c(O)[nH]c2c1C. The Kier molecular flexibility index (Phi) is 2.62. The van der Waals surface area contributed by atoms with E-state index in [1.165, 1.54) is 0 Å². The molecule has 0 aliphatic heterocycles. The van der Waals surface area contributed by atoms with Crippen molar-refractivity contribution < 1.29 is 9.90 Å². The van der Waals surface area contributed by atoms with Crippen LogP contribution in [0.2, 0.25) is 0 Å². The number of aryl methyl sites for hydroxylation is 2. The molecule has 0 unspecified atom stereocenters. The van der Waals surface area contributed by atoms with Crippen LogP contribution in [0.3, 0.4) is 0 Å². The summed E-state index contributed by atoms with van der Waals surface area (Å²) in [5, 5.41) is 18.3. The number of H-pyrrole nitrogens is 1. The number of carbonyl (C=O) groups is 1. The lowest BCUT2D eigenvalue weighted by atomic mass is 10.1. The molecule has 0 radical (unpaired) electrons. The quantitative estimate of drug-likeness (QED) is 0.807. The van der Waals surface area contributed by atoms with Crippen molar-refractivity contribution in [1.29, 1.82) is 0 Å². The van der Waals surface area contributed by atoms with Gasteiger partial charge in [-0.3, -0.25) is 4.79 Å². The highest BCUT2D eigenvalue weighted by molar-refractivity contribution is 5.96. The van der Waals surface area contributed by atoms with Crippen LogP contribution < -0.4 is 0 Å². The van der Waals surface area contributed by atoms with Gasteiger partial charge in [0.25, 0.3) is 5.91 Å². The minimum atomic E-state index is -0.197. The largest absolute Gasteiger partial charge is 0.493 e. The van der Waals surface area contributed by atoms with E-state index in [9.17, 15) is 9.90 Å². The summed E-state index contributed by atoms with van der Waals surface area (Å²) < 4.78 is 0. The van der Waals surface area contributed by atoms with Gasteiger partial charge in [-0.05, 0) is 37.8 Å². The molecular formula is C14H15N3O2. The van der Waals surface area contributed by atoms with Gasteiger partial charge in [0, 0.05) is 11.3 Å². The van der Waals surface area contributed by atoms with Gasteiger partial charge in [0.15, 0.2) is 5.69 Å². The maximum absolute atomic E-state index is 11.5. The number of aromatic hydroxyl groups is 1. The van der Waals surface area contributed by atoms with Crippen LogP contribution in [0.1, 0.15) is 24.0 Å². The number of carbonyl (C=O) groups excluding carboxylic acids is 1. The molecule has 98 valence electrons. The van der Waals surface area contributed by atoms with Crippen molar-refractivity contribution in [3.8, 4) is 5.88 Å². The van der Waals surface area contributed by atoms with Gasteiger partial charge in [0.1, 0.15) is 0 Å². The van der Waals surface area contributed by atoms with Crippen molar-refractivity contribution in [1.82, 2.24) is 4.98 Å². The summed E-state index contributed by atoms with van der Waals surface area (Å²) in [4.78, 5) is 14.4. The standard InChI is InChI=1S/C14H15N3O2/c1-7-3-6-10-11(8(7)2)15-14(19)12(10)16-17-13(18)9-4-5-9/h3,6,9,15,19H,4-5H2,1-2H3. The summed E-state index contributed by atoms with van der Waals surface area (Å²) in [6, 6.07) is 3.84. The Hall–Kier alpha value is -2.17. The average molecular weight is 257 g/mol. The van der Waals surface area contributed by atoms with Crippen molar-refractivity contribution in [2.24, 2.45) is 16.1 Å². The monoisotopic (exact) mass is 257 g/mol. The number of nitrogens with one attached hydrogen (secondary N) is 1. The second-order valence-electron chi connectivity index (χ2n) is 5.06. The molecule has 1 aromatic carbocycles. The van der Waals surface area contributed by atoms with Gasteiger partial charge >= 0.3 is 0 Å². The number of benzene rings is 1. The van der Waals surface area contributed by atoms with E-state index in [0.29, 0.717) is 5.69 Å². The minimum Gasteiger partial charge on any atom is -0.493 e. The van der Waals surface area contributed by atoms with Crippen molar-refractivity contribution in [3.05, 3.63) is 23.3 Å². The summed E-state index contributed by atoms with van der Waals surface area (Å²) in [6.07, 6.45) is 1.80. The fourth-order valence-electron chi connectivity index (χ4n) is 2.09. The third-order valence-corrected chi connectivity index (χ3v) is 3.63. The van der Waals surface area contributed by atoms with E-state index in [1.807, 2.05) is 26.0 Å². The summed E-state index contributed by atoms with van der Waals surface area (Å²) in [5.41, 5.74) is 3.37. The van der Waals surface area contributed by atoms with Crippen LogP contribution in [0, 0.1) is 19.8 Å². The molecule has 5 nitrogen and oxygen atoms in total. The van der Waals surface area contributed by atoms with Gasteiger partial charge in [-0.25, -0.2) is 0 Å². The Morgan fingerprint density at radius 2 is 2.11 bits per heavy atom. The molecule has 1 heterocycles. The third kappa shape index (κ3) is 2.01. The third-order valence-electron chi connectivity index (χ3n) is 3.63. The highest BCUT2D eigenvalue weighted by Gasteiger charge is 2.29. The van der Waals surface area contributed by atoms with Gasteiger partial charge in [-0.2, -0.15) is 0 Å². The van der Waals surface area contributed by atoms with Gasteiger partial charge in [-0.15, -0.1) is 10.2 Å². The van der Waals surface area contributed by atoms with E-state index in [2.05, 4.69) is 15.2 Å². The number of hydrogen-bond acceptors (Lipinski definition) is 3. The molecule has 0 atom stereocenters. The second-order valence-corrected chi connectivity index (χ2v) is 5.06. The lowest BCUT2D eigenvalue weighted by Gasteiger charge is -2.00. The number of hydrogen-bond donors (Lipinski definition) is 2. The molecule has 5 heteroatoms. The maximum Gasteiger partial charge on any atom is 0.267 e. The topological polar surface area (TPSA) is 77.8 Å². The first kappa shape index (κ1) is 11.9. The molecule has 0 bridgehead atoms. The number of aromatic nitrogens is 1. The van der Waals surface area contributed by atoms with Crippen LogP contribution in [-0.2, 0) is 4.79 Å². The molecule has 1 amide bonds. The normalized spacial score (nSPS) is 15.5. The van der Waals surface area contributed by atoms with Crippen LogP contribution in [0.5, 0.6) is 5.88 Å². The average Bonchev–Trinajstić information content (AvgIpc) is 3.17. The van der Waals surface area contributed by atoms with Crippen LogP contribution in [0.4, 0.5) is 5.69 Å². The van der Waals surface area contributed by atoms with Crippen LogP contribution in [0.15, 0.2) is 22.4 Å². The molecule has 1 aliphatic rings. The zero-order valence-corrected chi connectivity index (χ0v) is 10.9. The predicted octanol–water partition coefficient (Wildman–Crippen LogP) is 3.51. The van der Waals surface area contributed by atoms with E-state index >= 15 is 0 Å². The van der Waals surface area contributed by atoms with Gasteiger partial charge in [-0.1, -0.05) is 12.1 Å². The van der Waals surface area contributed by atoms with Crippen LogP contribution in [-0.4, -0.2) is 16.0 Å². The Bertz CT molecular complexity index is 696. The minimum absolute atomic E-state index is 0.0417. The first-order valence-electron chi connectivity index (χ1n) is 6.34. The molecule has 1 aliphatic carbocycles. The van der Waals surface area contributed by atoms with Crippen molar-refractivity contribution in [2.75, 3.05) is 0 Å². The van der Waals surface area contributed by atoms with Crippen molar-refractivity contribution in [3.63, 3.8) is 0 Å². The molecule has 0 spiro atoms. The number of azo groups is 1. The van der Waals surface area contributed by atoms with Gasteiger partial charge in [0.2, 0.25) is 5.88 Å². The Morgan fingerprint density at radius 3 is 2.79 bits per heavy atom. The second kappa shape index (κ2) is 4.19. The van der Waals surface area contributed by atoms with E-state index in [1.54, 1.807) is 0 Å². The Morgan fingerprint density at radius 1 is 1.37 bits per heavy atom. The van der Waals surface area contributed by atoms with E-state index in [-0.39, 0.29) is 17.7 Å². The van der Waals surface area contributed by atoms with Crippen molar-refractivity contribution >= 4 is 22.5 Å². The van der Waals surface area contributed by atoms with Crippen LogP contribution >= 0.6 is 0 Å². The summed E-state index contributed by atoms with van der Waals surface area (Å²) >= 11 is 0. The lowest BCUT2D eigenvalue weighted by Crippen LogP contribution is -1.92. The highest BCUT2D eigenvalue weighted by atomic mass is 16.3. The lowest BCUT2D eigenvalue weighted by molar-refractivity contribution is -0.119. The summed E-state index contributed by atoms with van der Waals surface area (Å²) in [6.45, 7) is 3.98. The van der Waals surface area contributed by atoms with Gasteiger partial charge < -0.3 is 10.1 Å². The highest BCUT2D eigenvalue weighted by Crippen LogP contribution is 2.38. The zero-order valence-electron chi connectivity index (χ0n) is 10.9. The van der Waals surface area contributed by atoms with Crippen molar-refractivity contribution in [2.45, 2.75) is 26.7 Å². The molecule has 2 N–H and O–H groups in total. The summed E-state index contributed by atoms with van der Waals surface area (Å²) in [5.74, 6) is -0.200. The molecule has 19 heavy (non-hydrogen) atoms. The number of rotatable bonds is 2. The molecule has 1 aromatic heterocycles. The molecular weight excluding hydrogens is 242 g/mol. The number of fused-ring (bicyclic) bond motifs is 1. The molecule has 2 aromatic rings. The Labute approximate surface area is 110 Å². The first-order valence-corrected chi connectivity index (χ1v) is 6.34. The molecule has 1 fully saturated rings. The van der Waals surface area contributed by atoms with Gasteiger partial charge in [0.05, 0.1) is 5.52 Å². The zero-order chi connectivity index (χ0) is 13.6. The van der Waals surface area contributed by atoms with E-state index in [4.69, 9.17) is 0 Å². The number of nitrogens with zero attached hydrogens (tertiary/aromatic N) is 2. The van der Waals surface area contributed by atoms with E-state index in [0.717, 1.165) is 34.9 Å². The summed E-state index contributed by atoms with van der Waals surface area (Å²) in [7, 11) is 0. The van der Waals surface area contributed by atoms with Crippen LogP contribution in [0.25, 0.3) is 10.9 Å². The molecule has 0 saturated heterocycles. The molecule has 3 rings (SSSR count). The number of amides is 1.